The molecular weight excluding hydrogens is 242 g/mol. The topological polar surface area (TPSA) is 70.2 Å². The van der Waals surface area contributed by atoms with Crippen LogP contribution in [-0.2, 0) is 9.59 Å². The molecule has 0 radical (unpaired) electrons. The molecular formula is C14H21N3O2. The summed E-state index contributed by atoms with van der Waals surface area (Å²) in [7, 11) is 0. The SMILES string of the molecule is CCCNC(=O)C(C)NC(=O)CNc1ccccc1. The van der Waals surface area contributed by atoms with E-state index >= 15 is 0 Å². The van der Waals surface area contributed by atoms with E-state index in [0.29, 0.717) is 6.54 Å². The molecule has 5 nitrogen and oxygen atoms in total. The molecule has 1 atom stereocenters. The van der Waals surface area contributed by atoms with Gasteiger partial charge in [-0.3, -0.25) is 9.59 Å². The Hall–Kier alpha value is -2.04. The lowest BCUT2D eigenvalue weighted by Crippen LogP contribution is -2.46. The smallest absolute Gasteiger partial charge is 0.242 e. The molecule has 0 heterocycles. The van der Waals surface area contributed by atoms with Crippen molar-refractivity contribution >= 4 is 17.5 Å². The van der Waals surface area contributed by atoms with E-state index in [1.165, 1.54) is 0 Å². The van der Waals surface area contributed by atoms with Crippen molar-refractivity contribution < 1.29 is 9.59 Å². The summed E-state index contributed by atoms with van der Waals surface area (Å²) < 4.78 is 0. The minimum absolute atomic E-state index is 0.148. The van der Waals surface area contributed by atoms with Crippen LogP contribution in [0, 0.1) is 0 Å². The Balaban J connectivity index is 2.29. The van der Waals surface area contributed by atoms with Crippen LogP contribution in [0.5, 0.6) is 0 Å². The van der Waals surface area contributed by atoms with Gasteiger partial charge in [0.25, 0.3) is 0 Å². The number of carbonyl (C=O) groups is 2. The zero-order valence-electron chi connectivity index (χ0n) is 11.4. The van der Waals surface area contributed by atoms with Crippen molar-refractivity contribution in [2.24, 2.45) is 0 Å². The average molecular weight is 263 g/mol. The molecule has 1 unspecified atom stereocenters. The number of amides is 2. The number of para-hydroxylation sites is 1. The van der Waals surface area contributed by atoms with Crippen molar-refractivity contribution in [3.8, 4) is 0 Å². The summed E-state index contributed by atoms with van der Waals surface area (Å²) >= 11 is 0. The number of nitrogens with one attached hydrogen (secondary N) is 3. The average Bonchev–Trinajstić information content (AvgIpc) is 2.43. The maximum absolute atomic E-state index is 11.7. The van der Waals surface area contributed by atoms with Crippen LogP contribution < -0.4 is 16.0 Å². The molecule has 0 saturated heterocycles. The lowest BCUT2D eigenvalue weighted by Gasteiger charge is -2.14. The van der Waals surface area contributed by atoms with Gasteiger partial charge in [0.2, 0.25) is 11.8 Å². The molecule has 2 amide bonds. The van der Waals surface area contributed by atoms with Crippen LogP contribution in [0.15, 0.2) is 30.3 Å². The second kappa shape index (κ2) is 8.13. The highest BCUT2D eigenvalue weighted by Crippen LogP contribution is 2.03. The van der Waals surface area contributed by atoms with Gasteiger partial charge in [0.15, 0.2) is 0 Å². The summed E-state index contributed by atoms with van der Waals surface area (Å²) in [4.78, 5) is 23.2. The van der Waals surface area contributed by atoms with Crippen molar-refractivity contribution in [1.29, 1.82) is 0 Å². The van der Waals surface area contributed by atoms with Crippen LogP contribution in [0.2, 0.25) is 0 Å². The molecule has 1 rings (SSSR count). The Kier molecular flexibility index (Phi) is 6.43. The predicted molar refractivity (Wildman–Crippen MR) is 75.8 cm³/mol. The van der Waals surface area contributed by atoms with E-state index in [2.05, 4.69) is 16.0 Å². The minimum atomic E-state index is -0.517. The first-order chi connectivity index (χ1) is 9.13. The second-order valence-corrected chi connectivity index (χ2v) is 4.30. The number of hydrogen-bond acceptors (Lipinski definition) is 3. The maximum Gasteiger partial charge on any atom is 0.242 e. The highest BCUT2D eigenvalue weighted by atomic mass is 16.2. The molecule has 0 aliphatic heterocycles. The van der Waals surface area contributed by atoms with E-state index in [1.54, 1.807) is 6.92 Å². The summed E-state index contributed by atoms with van der Waals surface area (Å²) in [6.07, 6.45) is 0.877. The Morgan fingerprint density at radius 1 is 1.21 bits per heavy atom. The van der Waals surface area contributed by atoms with Crippen molar-refractivity contribution in [3.63, 3.8) is 0 Å². The number of anilines is 1. The molecule has 0 saturated carbocycles. The van der Waals surface area contributed by atoms with Crippen molar-refractivity contribution in [3.05, 3.63) is 30.3 Å². The fraction of sp³-hybridized carbons (Fsp3) is 0.429. The summed E-state index contributed by atoms with van der Waals surface area (Å²) in [5, 5.41) is 8.37. The third-order valence-electron chi connectivity index (χ3n) is 2.55. The standard InChI is InChI=1S/C14H21N3O2/c1-3-9-15-14(19)11(2)17-13(18)10-16-12-7-5-4-6-8-12/h4-8,11,16H,3,9-10H2,1-2H3,(H,15,19)(H,17,18). The van der Waals surface area contributed by atoms with Gasteiger partial charge in [-0.2, -0.15) is 0 Å². The first-order valence-electron chi connectivity index (χ1n) is 6.49. The number of rotatable bonds is 7. The van der Waals surface area contributed by atoms with E-state index in [1.807, 2.05) is 37.3 Å². The van der Waals surface area contributed by atoms with Crippen LogP contribution in [0.1, 0.15) is 20.3 Å². The van der Waals surface area contributed by atoms with Crippen LogP contribution in [-0.4, -0.2) is 30.9 Å². The number of hydrogen-bond donors (Lipinski definition) is 3. The van der Waals surface area contributed by atoms with E-state index in [-0.39, 0.29) is 18.4 Å². The van der Waals surface area contributed by atoms with Gasteiger partial charge < -0.3 is 16.0 Å². The summed E-state index contributed by atoms with van der Waals surface area (Å²) in [5.41, 5.74) is 0.876. The predicted octanol–water partition coefficient (Wildman–Crippen LogP) is 1.13. The molecule has 1 aromatic carbocycles. The van der Waals surface area contributed by atoms with Gasteiger partial charge in [0.1, 0.15) is 6.04 Å². The molecule has 1 aromatic rings. The van der Waals surface area contributed by atoms with E-state index in [0.717, 1.165) is 12.1 Å². The van der Waals surface area contributed by atoms with Gasteiger partial charge in [-0.15, -0.1) is 0 Å². The second-order valence-electron chi connectivity index (χ2n) is 4.30. The highest BCUT2D eigenvalue weighted by molar-refractivity contribution is 5.88. The molecule has 0 fully saturated rings. The van der Waals surface area contributed by atoms with Gasteiger partial charge in [0.05, 0.1) is 6.54 Å². The molecule has 0 aliphatic rings. The lowest BCUT2D eigenvalue weighted by atomic mass is 10.3. The minimum Gasteiger partial charge on any atom is -0.376 e. The molecule has 0 spiro atoms. The third-order valence-corrected chi connectivity index (χ3v) is 2.55. The molecule has 104 valence electrons. The van der Waals surface area contributed by atoms with Gasteiger partial charge in [-0.1, -0.05) is 25.1 Å². The Bertz CT molecular complexity index is 406. The fourth-order valence-corrected chi connectivity index (χ4v) is 1.50. The van der Waals surface area contributed by atoms with E-state index in [4.69, 9.17) is 0 Å². The van der Waals surface area contributed by atoms with Crippen LogP contribution in [0.25, 0.3) is 0 Å². The Morgan fingerprint density at radius 2 is 1.89 bits per heavy atom. The van der Waals surface area contributed by atoms with Gasteiger partial charge in [-0.05, 0) is 25.5 Å². The normalized spacial score (nSPS) is 11.5. The number of benzene rings is 1. The molecule has 3 N–H and O–H groups in total. The molecule has 5 heteroatoms. The molecule has 19 heavy (non-hydrogen) atoms. The van der Waals surface area contributed by atoms with Gasteiger partial charge >= 0.3 is 0 Å². The van der Waals surface area contributed by atoms with E-state index < -0.39 is 6.04 Å². The monoisotopic (exact) mass is 263 g/mol. The Labute approximate surface area is 113 Å². The van der Waals surface area contributed by atoms with Crippen molar-refractivity contribution in [2.75, 3.05) is 18.4 Å². The highest BCUT2D eigenvalue weighted by Gasteiger charge is 2.14. The molecule has 0 aliphatic carbocycles. The number of carbonyl (C=O) groups excluding carboxylic acids is 2. The largest absolute Gasteiger partial charge is 0.376 e. The van der Waals surface area contributed by atoms with Crippen molar-refractivity contribution in [1.82, 2.24) is 10.6 Å². The lowest BCUT2D eigenvalue weighted by molar-refractivity contribution is -0.127. The molecule has 0 aromatic heterocycles. The quantitative estimate of drug-likeness (QED) is 0.690. The maximum atomic E-state index is 11.7. The third kappa shape index (κ3) is 5.90. The van der Waals surface area contributed by atoms with Crippen molar-refractivity contribution in [2.45, 2.75) is 26.3 Å². The molecule has 0 bridgehead atoms. The fourth-order valence-electron chi connectivity index (χ4n) is 1.50. The Morgan fingerprint density at radius 3 is 2.53 bits per heavy atom. The van der Waals surface area contributed by atoms with Crippen LogP contribution in [0.4, 0.5) is 5.69 Å². The first kappa shape index (κ1) is 15.0. The first-order valence-corrected chi connectivity index (χ1v) is 6.49. The summed E-state index contributed by atoms with van der Waals surface area (Å²) in [6, 6.07) is 8.93. The van der Waals surface area contributed by atoms with Crippen LogP contribution >= 0.6 is 0 Å². The van der Waals surface area contributed by atoms with Crippen LogP contribution in [0.3, 0.4) is 0 Å². The zero-order valence-corrected chi connectivity index (χ0v) is 11.4. The van der Waals surface area contributed by atoms with Gasteiger partial charge in [0, 0.05) is 12.2 Å². The summed E-state index contributed by atoms with van der Waals surface area (Å²) in [6.45, 7) is 4.43. The van der Waals surface area contributed by atoms with Gasteiger partial charge in [-0.25, -0.2) is 0 Å². The summed E-state index contributed by atoms with van der Waals surface area (Å²) in [5.74, 6) is -0.363. The zero-order chi connectivity index (χ0) is 14.1. The van der Waals surface area contributed by atoms with E-state index in [9.17, 15) is 9.59 Å².